The van der Waals surface area contributed by atoms with Gasteiger partial charge in [0.1, 0.15) is 11.6 Å². The summed E-state index contributed by atoms with van der Waals surface area (Å²) in [6, 6.07) is 6.52. The average Bonchev–Trinajstić information content (AvgIpc) is 3.26. The maximum absolute atomic E-state index is 14.8. The molecule has 0 saturated heterocycles. The van der Waals surface area contributed by atoms with Gasteiger partial charge in [-0.15, -0.1) is 0 Å². The molecule has 0 bridgehead atoms. The van der Waals surface area contributed by atoms with Crippen molar-refractivity contribution < 1.29 is 23.1 Å². The van der Waals surface area contributed by atoms with E-state index in [0.717, 1.165) is 6.07 Å². The summed E-state index contributed by atoms with van der Waals surface area (Å²) in [7, 11) is 1.75. The van der Waals surface area contributed by atoms with E-state index in [1.807, 2.05) is 0 Å². The van der Waals surface area contributed by atoms with Crippen LogP contribution in [0.2, 0.25) is 5.02 Å². The van der Waals surface area contributed by atoms with Crippen LogP contribution in [0.4, 0.5) is 19.3 Å². The first-order valence-corrected chi connectivity index (χ1v) is 10.8. The highest BCUT2D eigenvalue weighted by Gasteiger charge is 2.34. The smallest absolute Gasteiger partial charge is 0.325 e. The van der Waals surface area contributed by atoms with E-state index in [0.29, 0.717) is 11.1 Å². The van der Waals surface area contributed by atoms with Gasteiger partial charge in [0.15, 0.2) is 5.82 Å². The van der Waals surface area contributed by atoms with E-state index in [2.05, 4.69) is 21.0 Å². The molecule has 1 aliphatic heterocycles. The van der Waals surface area contributed by atoms with Gasteiger partial charge in [-0.2, -0.15) is 5.10 Å². The van der Waals surface area contributed by atoms with Crippen LogP contribution in [0, 0.1) is 11.6 Å². The molecule has 35 heavy (non-hydrogen) atoms. The van der Waals surface area contributed by atoms with Crippen molar-refractivity contribution in [3.05, 3.63) is 101 Å². The molecule has 0 radical (unpaired) electrons. The molecule has 1 unspecified atom stereocenters. The zero-order valence-electron chi connectivity index (χ0n) is 18.4. The number of nitrogens with one attached hydrogen (secondary N) is 3. The third kappa shape index (κ3) is 5.67. The summed E-state index contributed by atoms with van der Waals surface area (Å²) >= 11 is 6.33. The standard InChI is InChI=1S/C24H20ClF2N5O3/c1-32-14-16(13-29-32)24(8-2-3-9-28-24)35-21-12-19(27)20(11-18(21)25)30-23(34)31-22(33)10-15-4-6-17(26)7-5-15/h2-9,11-14,28H,10H2,1H3,(H2,30,31,33,34). The number of hydrogen-bond acceptors (Lipinski definition) is 5. The van der Waals surface area contributed by atoms with Gasteiger partial charge >= 0.3 is 6.03 Å². The third-order valence-corrected chi connectivity index (χ3v) is 5.34. The van der Waals surface area contributed by atoms with Gasteiger partial charge in [-0.1, -0.05) is 29.8 Å². The second kappa shape index (κ2) is 9.98. The van der Waals surface area contributed by atoms with Gasteiger partial charge in [0, 0.05) is 25.5 Å². The van der Waals surface area contributed by atoms with Crippen LogP contribution in [0.5, 0.6) is 5.75 Å². The zero-order chi connectivity index (χ0) is 25.0. The molecule has 1 atom stereocenters. The lowest BCUT2D eigenvalue weighted by molar-refractivity contribution is -0.119. The molecular weight excluding hydrogens is 480 g/mol. The minimum Gasteiger partial charge on any atom is -0.458 e. The molecule has 0 fully saturated rings. The molecular formula is C24H20ClF2N5O3. The van der Waals surface area contributed by atoms with E-state index < -0.39 is 29.3 Å². The van der Waals surface area contributed by atoms with Crippen LogP contribution < -0.4 is 20.7 Å². The maximum Gasteiger partial charge on any atom is 0.325 e. The minimum absolute atomic E-state index is 0.0128. The summed E-state index contributed by atoms with van der Waals surface area (Å²) in [5, 5.41) is 11.6. The highest BCUT2D eigenvalue weighted by atomic mass is 35.5. The first kappa shape index (κ1) is 24.0. The van der Waals surface area contributed by atoms with Gasteiger partial charge in [0.05, 0.1) is 28.9 Å². The van der Waals surface area contributed by atoms with E-state index in [1.54, 1.807) is 48.6 Å². The van der Waals surface area contributed by atoms with Crippen LogP contribution in [0.15, 0.2) is 73.2 Å². The van der Waals surface area contributed by atoms with Gasteiger partial charge in [-0.3, -0.25) is 14.8 Å². The fraction of sp³-hybridized carbons (Fsp3) is 0.125. The molecule has 8 nitrogen and oxygen atoms in total. The number of hydrogen-bond donors (Lipinski definition) is 3. The number of dihydropyridines is 1. The van der Waals surface area contributed by atoms with Crippen molar-refractivity contribution in [2.45, 2.75) is 12.1 Å². The summed E-state index contributed by atoms with van der Waals surface area (Å²) < 4.78 is 35.5. The summed E-state index contributed by atoms with van der Waals surface area (Å²) in [5.41, 5.74) is -0.275. The molecule has 1 aliphatic rings. The van der Waals surface area contributed by atoms with E-state index in [-0.39, 0.29) is 22.9 Å². The maximum atomic E-state index is 14.8. The minimum atomic E-state index is -1.18. The lowest BCUT2D eigenvalue weighted by Gasteiger charge is -2.33. The number of ether oxygens (including phenoxy) is 1. The SMILES string of the molecule is Cn1cc(C2(Oc3cc(F)c(NC(=O)NC(=O)Cc4ccc(F)cc4)cc3Cl)C=CC=CN2)cn1. The Labute approximate surface area is 204 Å². The van der Waals surface area contributed by atoms with Crippen LogP contribution in [-0.2, 0) is 24.0 Å². The summed E-state index contributed by atoms with van der Waals surface area (Å²) in [5.74, 6) is -1.91. The Morgan fingerprint density at radius 3 is 2.63 bits per heavy atom. The number of urea groups is 1. The molecule has 3 amide bonds. The summed E-state index contributed by atoms with van der Waals surface area (Å²) in [6.07, 6.45) is 10.1. The Balaban J connectivity index is 1.45. The summed E-state index contributed by atoms with van der Waals surface area (Å²) in [6.45, 7) is 0. The van der Waals surface area contributed by atoms with Gasteiger partial charge in [-0.25, -0.2) is 13.6 Å². The number of nitrogens with zero attached hydrogens (tertiary/aromatic N) is 2. The van der Waals surface area contributed by atoms with Gasteiger partial charge in [0.2, 0.25) is 11.6 Å². The Morgan fingerprint density at radius 2 is 1.97 bits per heavy atom. The van der Waals surface area contributed by atoms with Crippen molar-refractivity contribution >= 4 is 29.2 Å². The predicted molar refractivity (Wildman–Crippen MR) is 126 cm³/mol. The number of aromatic nitrogens is 2. The molecule has 180 valence electrons. The van der Waals surface area contributed by atoms with Crippen molar-refractivity contribution in [1.82, 2.24) is 20.4 Å². The van der Waals surface area contributed by atoms with Gasteiger partial charge in [-0.05, 0) is 35.9 Å². The highest BCUT2D eigenvalue weighted by Crippen LogP contribution is 2.36. The first-order valence-electron chi connectivity index (χ1n) is 10.4. The number of carbonyl (C=O) groups is 2. The van der Waals surface area contributed by atoms with Crippen LogP contribution in [0.1, 0.15) is 11.1 Å². The van der Waals surface area contributed by atoms with Gasteiger partial charge in [0.25, 0.3) is 0 Å². The van der Waals surface area contributed by atoms with E-state index in [1.165, 1.54) is 30.3 Å². The lowest BCUT2D eigenvalue weighted by Crippen LogP contribution is -2.44. The molecule has 0 spiro atoms. The van der Waals surface area contributed by atoms with Crippen LogP contribution in [0.25, 0.3) is 0 Å². The second-order valence-electron chi connectivity index (χ2n) is 7.67. The average molecular weight is 500 g/mol. The molecule has 0 saturated carbocycles. The number of aryl methyl sites for hydroxylation is 1. The Morgan fingerprint density at radius 1 is 1.20 bits per heavy atom. The van der Waals surface area contributed by atoms with Crippen molar-refractivity contribution in [1.29, 1.82) is 0 Å². The summed E-state index contributed by atoms with van der Waals surface area (Å²) in [4.78, 5) is 24.3. The van der Waals surface area contributed by atoms with Gasteiger partial charge < -0.3 is 15.4 Å². The molecule has 1 aromatic heterocycles. The lowest BCUT2D eigenvalue weighted by atomic mass is 10.0. The molecule has 0 aliphatic carbocycles. The normalized spacial score (nSPS) is 16.5. The molecule has 3 N–H and O–H groups in total. The quantitative estimate of drug-likeness (QED) is 0.473. The van der Waals surface area contributed by atoms with Crippen molar-refractivity contribution in [2.24, 2.45) is 7.05 Å². The monoisotopic (exact) mass is 499 g/mol. The predicted octanol–water partition coefficient (Wildman–Crippen LogP) is 4.15. The fourth-order valence-corrected chi connectivity index (χ4v) is 3.57. The van der Waals surface area contributed by atoms with Crippen LogP contribution in [0.3, 0.4) is 0 Å². The number of carbonyl (C=O) groups excluding carboxylic acids is 2. The first-order chi connectivity index (χ1) is 16.7. The Bertz CT molecular complexity index is 1320. The molecule has 3 aromatic rings. The third-order valence-electron chi connectivity index (χ3n) is 5.04. The number of amides is 3. The van der Waals surface area contributed by atoms with E-state index in [4.69, 9.17) is 16.3 Å². The second-order valence-corrected chi connectivity index (χ2v) is 8.08. The highest BCUT2D eigenvalue weighted by molar-refractivity contribution is 6.32. The number of benzene rings is 2. The number of rotatable bonds is 6. The van der Waals surface area contributed by atoms with Crippen molar-refractivity contribution in [3.8, 4) is 5.75 Å². The number of imide groups is 1. The largest absolute Gasteiger partial charge is 0.458 e. The van der Waals surface area contributed by atoms with Crippen molar-refractivity contribution in [2.75, 3.05) is 5.32 Å². The van der Waals surface area contributed by atoms with Crippen LogP contribution >= 0.6 is 11.6 Å². The van der Waals surface area contributed by atoms with E-state index in [9.17, 15) is 18.4 Å². The number of anilines is 1. The topological polar surface area (TPSA) is 97.3 Å². The number of allylic oxidation sites excluding steroid dienone is 2. The molecule has 4 rings (SSSR count). The van der Waals surface area contributed by atoms with E-state index >= 15 is 0 Å². The fourth-order valence-electron chi connectivity index (χ4n) is 3.37. The Hall–Kier alpha value is -4.18. The molecule has 2 heterocycles. The van der Waals surface area contributed by atoms with Crippen LogP contribution in [-0.4, -0.2) is 21.7 Å². The molecule has 2 aromatic carbocycles. The molecule has 11 heteroatoms. The Kier molecular flexibility index (Phi) is 6.83. The van der Waals surface area contributed by atoms with Crippen molar-refractivity contribution in [3.63, 3.8) is 0 Å². The number of halogens is 3. The zero-order valence-corrected chi connectivity index (χ0v) is 19.1.